The monoisotopic (exact) mass is 394 g/mol. The van der Waals surface area contributed by atoms with E-state index in [-0.39, 0.29) is 24.4 Å². The molecule has 1 atom stereocenters. The first-order chi connectivity index (χ1) is 11.0. The summed E-state index contributed by atoms with van der Waals surface area (Å²) in [4.78, 5) is 23.9. The predicted molar refractivity (Wildman–Crippen MR) is 94.5 cm³/mol. The number of benzene rings is 2. The number of hydrogen-bond acceptors (Lipinski definition) is 2. The lowest BCUT2D eigenvalue weighted by Crippen LogP contribution is -2.38. The molecule has 0 saturated carbocycles. The van der Waals surface area contributed by atoms with Crippen molar-refractivity contribution in [2.45, 2.75) is 13.0 Å². The van der Waals surface area contributed by atoms with Crippen molar-refractivity contribution < 1.29 is 9.59 Å². The third kappa shape index (κ3) is 5.37. The molecule has 2 rings (SSSR count). The number of amides is 2. The van der Waals surface area contributed by atoms with E-state index in [9.17, 15) is 9.59 Å². The van der Waals surface area contributed by atoms with Gasteiger partial charge in [-0.25, -0.2) is 0 Å². The normalized spacial score (nSPS) is 11.6. The number of rotatable bonds is 5. The van der Waals surface area contributed by atoms with Crippen LogP contribution in [0, 0.1) is 0 Å². The lowest BCUT2D eigenvalue weighted by Gasteiger charge is -2.14. The zero-order chi connectivity index (χ0) is 16.8. The van der Waals surface area contributed by atoms with E-state index in [2.05, 4.69) is 26.6 Å². The second kappa shape index (κ2) is 8.13. The SMILES string of the molecule is C[C@H](NC(=O)CNC(=O)c1ccc(Br)cc1)c1ccc(Cl)cc1. The molecule has 2 N–H and O–H groups in total. The Morgan fingerprint density at radius 3 is 2.30 bits per heavy atom. The van der Waals surface area contributed by atoms with E-state index in [1.54, 1.807) is 36.4 Å². The van der Waals surface area contributed by atoms with Crippen LogP contribution >= 0.6 is 27.5 Å². The van der Waals surface area contributed by atoms with Crippen LogP contribution in [0.3, 0.4) is 0 Å². The van der Waals surface area contributed by atoms with Crippen molar-refractivity contribution in [1.29, 1.82) is 0 Å². The molecule has 0 fully saturated rings. The second-order valence-electron chi connectivity index (χ2n) is 5.03. The average Bonchev–Trinajstić information content (AvgIpc) is 2.54. The second-order valence-corrected chi connectivity index (χ2v) is 6.38. The van der Waals surface area contributed by atoms with E-state index < -0.39 is 0 Å². The molecule has 0 aliphatic rings. The highest BCUT2D eigenvalue weighted by molar-refractivity contribution is 9.10. The maximum atomic E-state index is 11.9. The molecule has 0 saturated heterocycles. The van der Waals surface area contributed by atoms with Crippen LogP contribution in [0.5, 0.6) is 0 Å². The van der Waals surface area contributed by atoms with Crippen LogP contribution in [0.25, 0.3) is 0 Å². The van der Waals surface area contributed by atoms with Gasteiger partial charge >= 0.3 is 0 Å². The summed E-state index contributed by atoms with van der Waals surface area (Å²) in [6.07, 6.45) is 0. The van der Waals surface area contributed by atoms with Crippen LogP contribution in [-0.2, 0) is 4.79 Å². The molecule has 0 aromatic heterocycles. The zero-order valence-corrected chi connectivity index (χ0v) is 14.8. The van der Waals surface area contributed by atoms with Gasteiger partial charge in [0.25, 0.3) is 5.91 Å². The van der Waals surface area contributed by atoms with Crippen molar-refractivity contribution in [3.63, 3.8) is 0 Å². The van der Waals surface area contributed by atoms with E-state index in [1.165, 1.54) is 0 Å². The van der Waals surface area contributed by atoms with Gasteiger partial charge in [-0.1, -0.05) is 39.7 Å². The van der Waals surface area contributed by atoms with Gasteiger partial charge in [-0.3, -0.25) is 9.59 Å². The van der Waals surface area contributed by atoms with Gasteiger partial charge in [-0.15, -0.1) is 0 Å². The number of nitrogens with one attached hydrogen (secondary N) is 2. The molecule has 2 aromatic carbocycles. The molecule has 0 aliphatic heterocycles. The fourth-order valence-electron chi connectivity index (χ4n) is 1.99. The number of carbonyl (C=O) groups is 2. The quantitative estimate of drug-likeness (QED) is 0.811. The fraction of sp³-hybridized carbons (Fsp3) is 0.176. The van der Waals surface area contributed by atoms with E-state index >= 15 is 0 Å². The van der Waals surface area contributed by atoms with Crippen LogP contribution in [0.2, 0.25) is 5.02 Å². The Hall–Kier alpha value is -1.85. The first kappa shape index (κ1) is 17.5. The van der Waals surface area contributed by atoms with E-state index in [0.717, 1.165) is 10.0 Å². The maximum Gasteiger partial charge on any atom is 0.251 e. The number of hydrogen-bond donors (Lipinski definition) is 2. The number of carbonyl (C=O) groups excluding carboxylic acids is 2. The Bertz CT molecular complexity index is 687. The molecule has 2 aromatic rings. The van der Waals surface area contributed by atoms with Gasteiger partial charge in [0, 0.05) is 15.1 Å². The molecule has 120 valence electrons. The lowest BCUT2D eigenvalue weighted by molar-refractivity contribution is -0.120. The number of halogens is 2. The molecule has 0 unspecified atom stereocenters. The van der Waals surface area contributed by atoms with Gasteiger partial charge in [-0.2, -0.15) is 0 Å². The van der Waals surface area contributed by atoms with Gasteiger partial charge in [0.15, 0.2) is 0 Å². The van der Waals surface area contributed by atoms with E-state index in [4.69, 9.17) is 11.6 Å². The van der Waals surface area contributed by atoms with Gasteiger partial charge in [0.2, 0.25) is 5.91 Å². The van der Waals surface area contributed by atoms with Gasteiger partial charge in [0.1, 0.15) is 0 Å². The first-order valence-electron chi connectivity index (χ1n) is 7.04. The van der Waals surface area contributed by atoms with Crippen molar-refractivity contribution in [1.82, 2.24) is 10.6 Å². The molecule has 0 bridgehead atoms. The smallest absolute Gasteiger partial charge is 0.251 e. The standard InChI is InChI=1S/C17H16BrClN2O2/c1-11(12-4-8-15(19)9-5-12)21-16(22)10-20-17(23)13-2-6-14(18)7-3-13/h2-9,11H,10H2,1H3,(H,20,23)(H,21,22)/t11-/m0/s1. The molecule has 4 nitrogen and oxygen atoms in total. The van der Waals surface area contributed by atoms with Crippen LogP contribution < -0.4 is 10.6 Å². The highest BCUT2D eigenvalue weighted by Crippen LogP contribution is 2.15. The van der Waals surface area contributed by atoms with Crippen LogP contribution in [0.4, 0.5) is 0 Å². The molecule has 2 amide bonds. The van der Waals surface area contributed by atoms with E-state index in [0.29, 0.717) is 10.6 Å². The molecule has 0 radical (unpaired) electrons. The third-order valence-electron chi connectivity index (χ3n) is 3.26. The van der Waals surface area contributed by atoms with Crippen molar-refractivity contribution in [3.8, 4) is 0 Å². The van der Waals surface area contributed by atoms with Gasteiger partial charge in [-0.05, 0) is 48.9 Å². The highest BCUT2D eigenvalue weighted by Gasteiger charge is 2.11. The molecule has 0 heterocycles. The van der Waals surface area contributed by atoms with Crippen molar-refractivity contribution in [2.75, 3.05) is 6.54 Å². The van der Waals surface area contributed by atoms with E-state index in [1.807, 2.05) is 19.1 Å². The van der Waals surface area contributed by atoms with Crippen molar-refractivity contribution in [3.05, 3.63) is 69.2 Å². The predicted octanol–water partition coefficient (Wildman–Crippen LogP) is 3.71. The topological polar surface area (TPSA) is 58.2 Å². The Morgan fingerprint density at radius 2 is 1.70 bits per heavy atom. The van der Waals surface area contributed by atoms with Crippen LogP contribution in [0.1, 0.15) is 28.9 Å². The average molecular weight is 396 g/mol. The zero-order valence-electron chi connectivity index (χ0n) is 12.5. The fourth-order valence-corrected chi connectivity index (χ4v) is 2.38. The van der Waals surface area contributed by atoms with Crippen LogP contribution in [0.15, 0.2) is 53.0 Å². The molecule has 6 heteroatoms. The Morgan fingerprint density at radius 1 is 1.09 bits per heavy atom. The highest BCUT2D eigenvalue weighted by atomic mass is 79.9. The lowest BCUT2D eigenvalue weighted by atomic mass is 10.1. The summed E-state index contributed by atoms with van der Waals surface area (Å²) in [6.45, 7) is 1.80. The summed E-state index contributed by atoms with van der Waals surface area (Å²) >= 11 is 9.14. The van der Waals surface area contributed by atoms with Crippen LogP contribution in [-0.4, -0.2) is 18.4 Å². The summed E-state index contributed by atoms with van der Waals surface area (Å²) in [5, 5.41) is 6.07. The Labute approximate surface area is 148 Å². The minimum atomic E-state index is -0.285. The molecule has 23 heavy (non-hydrogen) atoms. The summed E-state index contributed by atoms with van der Waals surface area (Å²) in [5.74, 6) is -0.537. The summed E-state index contributed by atoms with van der Waals surface area (Å²) in [6, 6.07) is 14.0. The summed E-state index contributed by atoms with van der Waals surface area (Å²) in [7, 11) is 0. The third-order valence-corrected chi connectivity index (χ3v) is 4.04. The maximum absolute atomic E-state index is 11.9. The van der Waals surface area contributed by atoms with Gasteiger partial charge in [0.05, 0.1) is 12.6 Å². The molecular formula is C17H16BrClN2O2. The van der Waals surface area contributed by atoms with Crippen molar-refractivity contribution in [2.24, 2.45) is 0 Å². The minimum absolute atomic E-state index is 0.0766. The molecular weight excluding hydrogens is 380 g/mol. The summed E-state index contributed by atoms with van der Waals surface area (Å²) < 4.78 is 0.892. The molecule has 0 aliphatic carbocycles. The minimum Gasteiger partial charge on any atom is -0.348 e. The molecule has 0 spiro atoms. The first-order valence-corrected chi connectivity index (χ1v) is 8.21. The van der Waals surface area contributed by atoms with Crippen molar-refractivity contribution >= 4 is 39.3 Å². The van der Waals surface area contributed by atoms with Gasteiger partial charge < -0.3 is 10.6 Å². The summed E-state index contributed by atoms with van der Waals surface area (Å²) in [5.41, 5.74) is 1.45. The Kier molecular flexibility index (Phi) is 6.19. The Balaban J connectivity index is 1.83. The largest absolute Gasteiger partial charge is 0.348 e.